The molecular formula is C26H20ClN3O3S2. The first-order chi connectivity index (χ1) is 17.0. The summed E-state index contributed by atoms with van der Waals surface area (Å²) in [6.45, 7) is 1.97. The number of nitrogens with zero attached hydrogens (tertiary/aromatic N) is 3. The zero-order valence-electron chi connectivity index (χ0n) is 18.6. The molecule has 0 bridgehead atoms. The first kappa shape index (κ1) is 23.5. The molecule has 1 spiro atoms. The van der Waals surface area contributed by atoms with E-state index in [2.05, 4.69) is 5.10 Å². The SMILES string of the molecule is CCOC(=O)C1=NN(c2ccc(Cl)cc2)[C@]2(S1)S/C(=C/c1ccccc1)C(=O)N2c1ccccc1. The molecule has 1 atom stereocenters. The number of amides is 1. The van der Waals surface area contributed by atoms with E-state index >= 15 is 0 Å². The number of anilines is 2. The van der Waals surface area contributed by atoms with Crippen molar-refractivity contribution in [3.8, 4) is 0 Å². The third-order valence-electron chi connectivity index (χ3n) is 5.26. The molecule has 2 heterocycles. The maximum Gasteiger partial charge on any atom is 0.365 e. The minimum atomic E-state index is -1.12. The van der Waals surface area contributed by atoms with Crippen LogP contribution in [-0.4, -0.2) is 27.9 Å². The molecule has 1 fully saturated rings. The van der Waals surface area contributed by atoms with Gasteiger partial charge in [0.05, 0.1) is 17.2 Å². The second kappa shape index (κ2) is 9.81. The van der Waals surface area contributed by atoms with Crippen LogP contribution in [-0.2, 0) is 14.3 Å². The van der Waals surface area contributed by atoms with E-state index < -0.39 is 10.3 Å². The predicted molar refractivity (Wildman–Crippen MR) is 144 cm³/mol. The summed E-state index contributed by atoms with van der Waals surface area (Å²) in [4.78, 5) is 28.9. The smallest absolute Gasteiger partial charge is 0.365 e. The van der Waals surface area contributed by atoms with Gasteiger partial charge in [0.25, 0.3) is 5.91 Å². The summed E-state index contributed by atoms with van der Waals surface area (Å²) in [6.07, 6.45) is 1.86. The zero-order chi connectivity index (χ0) is 24.4. The van der Waals surface area contributed by atoms with Crippen molar-refractivity contribution in [2.24, 2.45) is 5.10 Å². The van der Waals surface area contributed by atoms with E-state index in [1.165, 1.54) is 23.5 Å². The molecule has 1 saturated heterocycles. The lowest BCUT2D eigenvalue weighted by molar-refractivity contribution is -0.134. The van der Waals surface area contributed by atoms with Gasteiger partial charge in [0.15, 0.2) is 0 Å². The molecule has 2 aliphatic heterocycles. The van der Waals surface area contributed by atoms with Gasteiger partial charge in [-0.05, 0) is 66.7 Å². The molecule has 176 valence electrons. The Balaban J connectivity index is 1.67. The molecule has 1 amide bonds. The van der Waals surface area contributed by atoms with Crippen molar-refractivity contribution in [1.29, 1.82) is 0 Å². The summed E-state index contributed by atoms with van der Waals surface area (Å²) in [5.41, 5.74) is 2.28. The van der Waals surface area contributed by atoms with Gasteiger partial charge in [0, 0.05) is 10.7 Å². The zero-order valence-corrected chi connectivity index (χ0v) is 21.0. The molecule has 0 unspecified atom stereocenters. The Bertz CT molecular complexity index is 1320. The lowest BCUT2D eigenvalue weighted by Crippen LogP contribution is -2.51. The highest BCUT2D eigenvalue weighted by Crippen LogP contribution is 2.59. The summed E-state index contributed by atoms with van der Waals surface area (Å²) in [5.74, 6) is -0.716. The van der Waals surface area contributed by atoms with Crippen LogP contribution in [0.25, 0.3) is 6.08 Å². The van der Waals surface area contributed by atoms with Crippen molar-refractivity contribution >= 4 is 69.5 Å². The fraction of sp³-hybridized carbons (Fsp3) is 0.115. The Morgan fingerprint density at radius 1 is 0.971 bits per heavy atom. The molecule has 0 saturated carbocycles. The Labute approximate surface area is 216 Å². The Kier molecular flexibility index (Phi) is 6.60. The van der Waals surface area contributed by atoms with Crippen LogP contribution in [0.1, 0.15) is 12.5 Å². The Hall–Kier alpha value is -3.20. The van der Waals surface area contributed by atoms with Gasteiger partial charge in [-0.2, -0.15) is 5.10 Å². The number of hydrogen-bond donors (Lipinski definition) is 0. The molecule has 3 aromatic rings. The molecule has 0 aromatic heterocycles. The van der Waals surface area contributed by atoms with Gasteiger partial charge in [-0.1, -0.05) is 71.9 Å². The number of rotatable bonds is 5. The molecule has 0 N–H and O–H groups in total. The van der Waals surface area contributed by atoms with Gasteiger partial charge in [-0.25, -0.2) is 9.80 Å². The molecule has 35 heavy (non-hydrogen) atoms. The van der Waals surface area contributed by atoms with Crippen molar-refractivity contribution in [2.45, 2.75) is 11.3 Å². The monoisotopic (exact) mass is 521 g/mol. The van der Waals surface area contributed by atoms with Crippen molar-refractivity contribution in [3.63, 3.8) is 0 Å². The summed E-state index contributed by atoms with van der Waals surface area (Å²) in [5, 5.41) is 7.09. The van der Waals surface area contributed by atoms with Crippen LogP contribution in [0.5, 0.6) is 0 Å². The van der Waals surface area contributed by atoms with E-state index in [0.29, 0.717) is 21.3 Å². The molecule has 6 nitrogen and oxygen atoms in total. The number of carbonyl (C=O) groups is 2. The van der Waals surface area contributed by atoms with E-state index in [1.54, 1.807) is 29.0 Å². The number of carbonyl (C=O) groups excluding carboxylic acids is 2. The number of halogens is 1. The fourth-order valence-electron chi connectivity index (χ4n) is 3.75. The number of hydrogen-bond acceptors (Lipinski definition) is 7. The largest absolute Gasteiger partial charge is 0.461 e. The average Bonchev–Trinajstić information content (AvgIpc) is 3.38. The minimum absolute atomic E-state index is 0.170. The van der Waals surface area contributed by atoms with Crippen LogP contribution in [0.15, 0.2) is 94.9 Å². The summed E-state index contributed by atoms with van der Waals surface area (Å²) >= 11 is 8.67. The highest BCUT2D eigenvalue weighted by atomic mass is 35.5. The predicted octanol–water partition coefficient (Wildman–Crippen LogP) is 6.20. The van der Waals surface area contributed by atoms with Crippen LogP contribution in [0, 0.1) is 0 Å². The minimum Gasteiger partial charge on any atom is -0.461 e. The van der Waals surface area contributed by atoms with Gasteiger partial charge in [-0.3, -0.25) is 9.69 Å². The molecule has 5 rings (SSSR count). The Morgan fingerprint density at radius 3 is 2.29 bits per heavy atom. The van der Waals surface area contributed by atoms with Gasteiger partial charge in [0.1, 0.15) is 0 Å². The number of hydrazone groups is 1. The van der Waals surface area contributed by atoms with Crippen LogP contribution in [0.3, 0.4) is 0 Å². The maximum absolute atomic E-state index is 13.9. The number of benzene rings is 3. The van der Waals surface area contributed by atoms with Crippen LogP contribution in [0.2, 0.25) is 5.02 Å². The molecule has 3 aromatic carbocycles. The van der Waals surface area contributed by atoms with Gasteiger partial charge in [0.2, 0.25) is 9.37 Å². The Morgan fingerprint density at radius 2 is 1.63 bits per heavy atom. The van der Waals surface area contributed by atoms with Gasteiger partial charge < -0.3 is 4.74 Å². The lowest BCUT2D eigenvalue weighted by atomic mass is 10.2. The molecular weight excluding hydrogens is 502 g/mol. The summed E-state index contributed by atoms with van der Waals surface area (Å²) in [6, 6.07) is 26.2. The van der Waals surface area contributed by atoms with E-state index in [4.69, 9.17) is 16.3 Å². The average molecular weight is 522 g/mol. The number of thioether (sulfide) groups is 2. The first-order valence-electron chi connectivity index (χ1n) is 10.9. The molecule has 9 heteroatoms. The fourth-order valence-corrected chi connectivity index (χ4v) is 6.75. The van der Waals surface area contributed by atoms with E-state index in [-0.39, 0.29) is 17.6 Å². The second-order valence-electron chi connectivity index (χ2n) is 7.56. The number of para-hydroxylation sites is 1. The van der Waals surface area contributed by atoms with Crippen molar-refractivity contribution in [2.75, 3.05) is 16.5 Å². The van der Waals surface area contributed by atoms with Crippen molar-refractivity contribution in [3.05, 3.63) is 100 Å². The number of esters is 1. The molecule has 2 aliphatic rings. The first-order valence-corrected chi connectivity index (χ1v) is 12.9. The quantitative estimate of drug-likeness (QED) is 0.294. The summed E-state index contributed by atoms with van der Waals surface area (Å²) < 4.78 is 4.14. The van der Waals surface area contributed by atoms with Gasteiger partial charge in [-0.15, -0.1) is 0 Å². The van der Waals surface area contributed by atoms with E-state index in [9.17, 15) is 9.59 Å². The third-order valence-corrected chi connectivity index (χ3v) is 8.21. The van der Waals surface area contributed by atoms with Crippen LogP contribution in [0.4, 0.5) is 11.4 Å². The molecule has 0 radical (unpaired) electrons. The van der Waals surface area contributed by atoms with Crippen LogP contribution < -0.4 is 9.91 Å². The highest BCUT2D eigenvalue weighted by molar-refractivity contribution is 8.29. The second-order valence-corrected chi connectivity index (χ2v) is 10.6. The standard InChI is InChI=1S/C26H20ClN3O3S2/c1-2-33-25(32)23-28-30(21-15-13-19(27)14-16-21)26(35-23)29(20-11-7-4-8-12-20)24(31)22(34-26)17-18-9-5-3-6-10-18/h3-17H,2H2,1H3/b22-17+/t26-/m0/s1. The van der Waals surface area contributed by atoms with E-state index in [1.807, 2.05) is 78.9 Å². The molecule has 0 aliphatic carbocycles. The lowest BCUT2D eigenvalue weighted by Gasteiger charge is -2.38. The normalized spacial score (nSPS) is 20.6. The summed E-state index contributed by atoms with van der Waals surface area (Å²) in [7, 11) is 0. The number of ether oxygens (including phenoxy) is 1. The van der Waals surface area contributed by atoms with Crippen molar-refractivity contribution in [1.82, 2.24) is 0 Å². The van der Waals surface area contributed by atoms with E-state index in [0.717, 1.165) is 5.56 Å². The van der Waals surface area contributed by atoms with Crippen molar-refractivity contribution < 1.29 is 14.3 Å². The topological polar surface area (TPSA) is 62.2 Å². The van der Waals surface area contributed by atoms with Crippen LogP contribution >= 0.6 is 35.1 Å². The van der Waals surface area contributed by atoms with Gasteiger partial charge >= 0.3 is 5.97 Å². The maximum atomic E-state index is 13.9. The highest BCUT2D eigenvalue weighted by Gasteiger charge is 2.60. The third kappa shape index (κ3) is 4.45.